The number of nitrogens with two attached hydrogens (primary N) is 1. The lowest BCUT2D eigenvalue weighted by molar-refractivity contribution is 0.320. The Kier molecular flexibility index (Phi) is 6.60. The fraction of sp³-hybridized carbons (Fsp3) is 0.750. The van der Waals surface area contributed by atoms with Gasteiger partial charge in [-0.25, -0.2) is 5.43 Å². The second-order valence-electron chi connectivity index (χ2n) is 1.64. The van der Waals surface area contributed by atoms with E-state index in [0.29, 0.717) is 13.3 Å². The molecule has 0 aliphatic heterocycles. The SMILES string of the molecule is CN(CN=CI)CNN. The van der Waals surface area contributed by atoms with E-state index in [1.807, 2.05) is 11.9 Å². The fourth-order valence-electron chi connectivity index (χ4n) is 0.376. The molecular weight excluding hydrogens is 231 g/mol. The molecule has 0 rings (SSSR count). The molecule has 0 radical (unpaired) electrons. The van der Waals surface area contributed by atoms with E-state index in [0.717, 1.165) is 0 Å². The normalized spacial score (nSPS) is 11.6. The summed E-state index contributed by atoms with van der Waals surface area (Å²) in [6, 6.07) is 0. The van der Waals surface area contributed by atoms with Gasteiger partial charge in [0.05, 0.1) is 17.6 Å². The summed E-state index contributed by atoms with van der Waals surface area (Å²) in [6.07, 6.45) is 0. The molecule has 9 heavy (non-hydrogen) atoms. The lowest BCUT2D eigenvalue weighted by atomic mass is 10.8. The van der Waals surface area contributed by atoms with Gasteiger partial charge in [-0.15, -0.1) is 0 Å². The first-order valence-corrected chi connectivity index (χ1v) is 3.76. The van der Waals surface area contributed by atoms with Gasteiger partial charge >= 0.3 is 0 Å². The summed E-state index contributed by atoms with van der Waals surface area (Å²) in [7, 11) is 1.93. The number of hydrogen-bond acceptors (Lipinski definition) is 4. The third-order valence-corrected chi connectivity index (χ3v) is 1.15. The lowest BCUT2D eigenvalue weighted by Crippen LogP contribution is -2.35. The average molecular weight is 242 g/mol. The molecule has 0 unspecified atom stereocenters. The molecule has 54 valence electrons. The van der Waals surface area contributed by atoms with Gasteiger partial charge in [0.15, 0.2) is 0 Å². The molecule has 4 nitrogen and oxygen atoms in total. The van der Waals surface area contributed by atoms with Crippen LogP contribution in [0.2, 0.25) is 0 Å². The minimum atomic E-state index is 0.661. The predicted octanol–water partition coefficient (Wildman–Crippen LogP) is -0.240. The highest BCUT2D eigenvalue weighted by Gasteiger charge is 1.89. The molecular formula is C4H11IN4. The summed E-state index contributed by atoms with van der Waals surface area (Å²) < 4.78 is 1.74. The molecule has 0 amide bonds. The molecule has 3 N–H and O–H groups in total. The molecule has 0 aromatic rings. The second kappa shape index (κ2) is 6.40. The van der Waals surface area contributed by atoms with Gasteiger partial charge in [0.1, 0.15) is 0 Å². The first kappa shape index (κ1) is 9.28. The van der Waals surface area contributed by atoms with Crippen LogP contribution < -0.4 is 11.3 Å². The van der Waals surface area contributed by atoms with Gasteiger partial charge in [0.2, 0.25) is 0 Å². The van der Waals surface area contributed by atoms with Crippen LogP contribution in [0.1, 0.15) is 0 Å². The highest BCUT2D eigenvalue weighted by atomic mass is 127. The van der Waals surface area contributed by atoms with Crippen LogP contribution in [0.25, 0.3) is 0 Å². The van der Waals surface area contributed by atoms with Crippen molar-refractivity contribution in [3.8, 4) is 0 Å². The molecule has 0 aromatic carbocycles. The van der Waals surface area contributed by atoms with Crippen LogP contribution in [0.5, 0.6) is 0 Å². The first-order chi connectivity index (χ1) is 4.31. The predicted molar refractivity (Wildman–Crippen MR) is 47.3 cm³/mol. The molecule has 0 fully saturated rings. The summed E-state index contributed by atoms with van der Waals surface area (Å²) >= 11 is 2.08. The van der Waals surface area contributed by atoms with Crippen LogP contribution in [-0.4, -0.2) is 29.5 Å². The van der Waals surface area contributed by atoms with E-state index in [4.69, 9.17) is 5.84 Å². The van der Waals surface area contributed by atoms with Gasteiger partial charge in [0, 0.05) is 0 Å². The van der Waals surface area contributed by atoms with Gasteiger partial charge in [-0.1, -0.05) is 0 Å². The van der Waals surface area contributed by atoms with Crippen LogP contribution in [0.15, 0.2) is 4.99 Å². The number of nitrogens with one attached hydrogen (secondary N) is 1. The number of aliphatic imine (C=N–C) groups is 1. The van der Waals surface area contributed by atoms with Crippen LogP contribution in [-0.2, 0) is 0 Å². The smallest absolute Gasteiger partial charge is 0.0922 e. The van der Waals surface area contributed by atoms with Gasteiger partial charge < -0.3 is 0 Å². The summed E-state index contributed by atoms with van der Waals surface area (Å²) in [6.45, 7) is 1.35. The van der Waals surface area contributed by atoms with Crippen molar-refractivity contribution in [2.45, 2.75) is 0 Å². The van der Waals surface area contributed by atoms with E-state index >= 15 is 0 Å². The van der Waals surface area contributed by atoms with Gasteiger partial charge in [0.25, 0.3) is 0 Å². The van der Waals surface area contributed by atoms with E-state index in [9.17, 15) is 0 Å². The fourth-order valence-corrected chi connectivity index (χ4v) is 0.552. The molecule has 0 aromatic heterocycles. The van der Waals surface area contributed by atoms with Crippen molar-refractivity contribution in [2.24, 2.45) is 10.8 Å². The first-order valence-electron chi connectivity index (χ1n) is 2.51. The molecule has 0 atom stereocenters. The largest absolute Gasteiger partial charge is 0.273 e. The van der Waals surface area contributed by atoms with Crippen molar-refractivity contribution >= 4 is 26.8 Å². The minimum Gasteiger partial charge on any atom is -0.273 e. The number of rotatable bonds is 4. The van der Waals surface area contributed by atoms with Gasteiger partial charge in [-0.2, -0.15) is 0 Å². The molecule has 5 heteroatoms. The molecule has 0 bridgehead atoms. The quantitative estimate of drug-likeness (QED) is 0.235. The van der Waals surface area contributed by atoms with Gasteiger partial charge in [-0.3, -0.25) is 15.7 Å². The Morgan fingerprint density at radius 2 is 2.56 bits per heavy atom. The Bertz CT molecular complexity index is 84.6. The second-order valence-corrected chi connectivity index (χ2v) is 2.20. The molecule has 0 saturated carbocycles. The monoisotopic (exact) mass is 242 g/mol. The number of hydrazine groups is 1. The van der Waals surface area contributed by atoms with Crippen molar-refractivity contribution in [2.75, 3.05) is 20.4 Å². The topological polar surface area (TPSA) is 53.6 Å². The van der Waals surface area contributed by atoms with E-state index in [1.165, 1.54) is 0 Å². The van der Waals surface area contributed by atoms with Crippen LogP contribution >= 0.6 is 22.6 Å². The summed E-state index contributed by atoms with van der Waals surface area (Å²) in [5.74, 6) is 5.06. The maximum Gasteiger partial charge on any atom is 0.0922 e. The Labute approximate surface area is 68.6 Å². The zero-order valence-electron chi connectivity index (χ0n) is 5.34. The van der Waals surface area contributed by atoms with E-state index < -0.39 is 0 Å². The molecule has 0 aliphatic carbocycles. The lowest BCUT2D eigenvalue weighted by Gasteiger charge is -2.11. The number of hydrogen-bond donors (Lipinski definition) is 2. The van der Waals surface area contributed by atoms with Gasteiger partial charge in [-0.05, 0) is 29.6 Å². The maximum atomic E-state index is 5.06. The minimum absolute atomic E-state index is 0.661. The van der Waals surface area contributed by atoms with Crippen molar-refractivity contribution in [3.05, 3.63) is 0 Å². The van der Waals surface area contributed by atoms with Crippen LogP contribution in [0.3, 0.4) is 0 Å². The zero-order valence-corrected chi connectivity index (χ0v) is 7.50. The molecule has 0 heterocycles. The highest BCUT2D eigenvalue weighted by molar-refractivity contribution is 14.1. The summed E-state index contributed by atoms with van der Waals surface area (Å²) in [5, 5.41) is 0. The maximum absolute atomic E-state index is 5.06. The van der Waals surface area contributed by atoms with Crippen molar-refractivity contribution in [1.82, 2.24) is 10.3 Å². The van der Waals surface area contributed by atoms with E-state index in [1.54, 1.807) is 4.22 Å². The Hall–Kier alpha value is 0.280. The zero-order chi connectivity index (χ0) is 7.11. The molecule has 0 spiro atoms. The standard InChI is InChI=1S/C4H11IN4/c1-9(4-8-6)3-7-2-5/h2,8H,3-4,6H2,1H3. The third kappa shape index (κ3) is 6.16. The number of halogens is 1. The Balaban J connectivity index is 3.15. The van der Waals surface area contributed by atoms with E-state index in [2.05, 4.69) is 33.0 Å². The van der Waals surface area contributed by atoms with Crippen molar-refractivity contribution in [3.63, 3.8) is 0 Å². The molecule has 0 aliphatic rings. The van der Waals surface area contributed by atoms with Crippen molar-refractivity contribution < 1.29 is 0 Å². The Morgan fingerprint density at radius 3 is 3.00 bits per heavy atom. The average Bonchev–Trinajstić information content (AvgIpc) is 1.85. The van der Waals surface area contributed by atoms with Crippen LogP contribution in [0, 0.1) is 0 Å². The van der Waals surface area contributed by atoms with E-state index in [-0.39, 0.29) is 0 Å². The highest BCUT2D eigenvalue weighted by Crippen LogP contribution is 1.79. The van der Waals surface area contributed by atoms with Crippen LogP contribution in [0.4, 0.5) is 0 Å². The summed E-state index contributed by atoms with van der Waals surface area (Å²) in [4.78, 5) is 5.94. The number of nitrogens with zero attached hydrogens (tertiary/aromatic N) is 2. The van der Waals surface area contributed by atoms with Crippen molar-refractivity contribution in [1.29, 1.82) is 0 Å². The molecule has 0 saturated heterocycles. The summed E-state index contributed by atoms with van der Waals surface area (Å²) in [5.41, 5.74) is 2.53. The third-order valence-electron chi connectivity index (χ3n) is 0.753. The Morgan fingerprint density at radius 1 is 1.89 bits per heavy atom.